The summed E-state index contributed by atoms with van der Waals surface area (Å²) >= 11 is 0. The predicted molar refractivity (Wildman–Crippen MR) is 58.2 cm³/mol. The van der Waals surface area contributed by atoms with Gasteiger partial charge in [0.15, 0.2) is 0 Å². The van der Waals surface area contributed by atoms with Crippen LogP contribution in [0.3, 0.4) is 0 Å². The van der Waals surface area contributed by atoms with Crippen LogP contribution in [0.15, 0.2) is 18.2 Å². The van der Waals surface area contributed by atoms with Gasteiger partial charge < -0.3 is 4.74 Å². The highest BCUT2D eigenvalue weighted by molar-refractivity contribution is 5.33. The van der Waals surface area contributed by atoms with Crippen LogP contribution in [0, 0.1) is 28.9 Å². The Morgan fingerprint density at radius 2 is 2.18 bits per heavy atom. The molecule has 0 amide bonds. The maximum absolute atomic E-state index is 13.8. The highest BCUT2D eigenvalue weighted by Gasteiger charge is 2.48. The first-order valence-electron chi connectivity index (χ1n) is 5.57. The molecule has 2 rings (SSSR count). The number of hydrogen-bond donors (Lipinski definition) is 0. The van der Waals surface area contributed by atoms with Crippen molar-refractivity contribution in [3.63, 3.8) is 0 Å². The zero-order valence-corrected chi connectivity index (χ0v) is 9.54. The van der Waals surface area contributed by atoms with Gasteiger partial charge in [0.25, 0.3) is 0 Å². The molecule has 4 heteroatoms. The summed E-state index contributed by atoms with van der Waals surface area (Å²) in [6, 6.07) is 5.70. The largest absolute Gasteiger partial charge is 0.379 e. The van der Waals surface area contributed by atoms with Crippen LogP contribution in [0.1, 0.15) is 18.9 Å². The summed E-state index contributed by atoms with van der Waals surface area (Å²) in [5.74, 6) is -1.51. The van der Waals surface area contributed by atoms with Gasteiger partial charge in [0.1, 0.15) is 11.6 Å². The quantitative estimate of drug-likeness (QED) is 0.809. The van der Waals surface area contributed by atoms with Crippen molar-refractivity contribution in [1.82, 2.24) is 0 Å². The normalized spacial score (nSPS) is 19.2. The number of rotatable bonds is 3. The van der Waals surface area contributed by atoms with Crippen molar-refractivity contribution in [3.8, 4) is 6.07 Å². The molecule has 1 aliphatic heterocycles. The minimum Gasteiger partial charge on any atom is -0.379 e. The zero-order chi connectivity index (χ0) is 12.5. The van der Waals surface area contributed by atoms with Crippen LogP contribution < -0.4 is 0 Å². The summed E-state index contributed by atoms with van der Waals surface area (Å²) in [5, 5.41) is 9.13. The minimum absolute atomic E-state index is 0.309. The zero-order valence-electron chi connectivity index (χ0n) is 9.54. The molecule has 2 nitrogen and oxygen atoms in total. The summed E-state index contributed by atoms with van der Waals surface area (Å²) in [6.07, 6.45) is 0.622. The SMILES string of the molecule is CCC(C#N)C1(c2ccc(F)cc2F)COC1. The lowest BCUT2D eigenvalue weighted by Crippen LogP contribution is -2.52. The van der Waals surface area contributed by atoms with Crippen LogP contribution >= 0.6 is 0 Å². The van der Waals surface area contributed by atoms with E-state index in [4.69, 9.17) is 10.00 Å². The van der Waals surface area contributed by atoms with E-state index in [1.54, 1.807) is 0 Å². The average Bonchev–Trinajstić information content (AvgIpc) is 2.24. The van der Waals surface area contributed by atoms with Crippen molar-refractivity contribution in [2.24, 2.45) is 5.92 Å². The van der Waals surface area contributed by atoms with E-state index in [-0.39, 0.29) is 5.92 Å². The number of nitrogens with zero attached hydrogens (tertiary/aromatic N) is 1. The number of halogens is 2. The van der Waals surface area contributed by atoms with Crippen molar-refractivity contribution in [1.29, 1.82) is 5.26 Å². The van der Waals surface area contributed by atoms with Gasteiger partial charge >= 0.3 is 0 Å². The van der Waals surface area contributed by atoms with Crippen LogP contribution in [-0.4, -0.2) is 13.2 Å². The third-order valence-electron chi connectivity index (χ3n) is 3.42. The van der Waals surface area contributed by atoms with Crippen LogP contribution in [0.25, 0.3) is 0 Å². The molecule has 1 atom stereocenters. The molecule has 0 aromatic heterocycles. The predicted octanol–water partition coefficient (Wildman–Crippen LogP) is 2.78. The second kappa shape index (κ2) is 4.42. The molecular formula is C13H13F2NO. The van der Waals surface area contributed by atoms with Crippen LogP contribution in [-0.2, 0) is 10.2 Å². The van der Waals surface area contributed by atoms with Gasteiger partial charge in [0, 0.05) is 11.6 Å². The second-order valence-electron chi connectivity index (χ2n) is 4.36. The molecule has 90 valence electrons. The Hall–Kier alpha value is -1.47. The monoisotopic (exact) mass is 237 g/mol. The van der Waals surface area contributed by atoms with E-state index >= 15 is 0 Å². The highest BCUT2D eigenvalue weighted by atomic mass is 19.1. The van der Waals surface area contributed by atoms with E-state index in [1.165, 1.54) is 12.1 Å². The molecule has 0 radical (unpaired) electrons. The van der Waals surface area contributed by atoms with Crippen molar-refractivity contribution in [2.75, 3.05) is 13.2 Å². The van der Waals surface area contributed by atoms with E-state index in [0.29, 0.717) is 25.2 Å². The summed E-state index contributed by atoms with van der Waals surface area (Å²) in [7, 11) is 0. The molecule has 1 aromatic rings. The second-order valence-corrected chi connectivity index (χ2v) is 4.36. The van der Waals surface area contributed by atoms with E-state index in [0.717, 1.165) is 6.07 Å². The van der Waals surface area contributed by atoms with E-state index in [1.807, 2.05) is 6.92 Å². The maximum Gasteiger partial charge on any atom is 0.130 e. The molecule has 1 fully saturated rings. The molecule has 0 saturated carbocycles. The Bertz CT molecular complexity index is 463. The molecule has 0 aliphatic carbocycles. The number of benzene rings is 1. The van der Waals surface area contributed by atoms with Gasteiger partial charge in [-0.15, -0.1) is 0 Å². The third kappa shape index (κ3) is 1.81. The third-order valence-corrected chi connectivity index (χ3v) is 3.42. The van der Waals surface area contributed by atoms with Gasteiger partial charge in [-0.05, 0) is 12.5 Å². The van der Waals surface area contributed by atoms with Crippen LogP contribution in [0.2, 0.25) is 0 Å². The maximum atomic E-state index is 13.8. The van der Waals surface area contributed by atoms with Gasteiger partial charge in [-0.2, -0.15) is 5.26 Å². The lowest BCUT2D eigenvalue weighted by molar-refractivity contribution is -0.0821. The van der Waals surface area contributed by atoms with E-state index in [2.05, 4.69) is 6.07 Å². The van der Waals surface area contributed by atoms with Gasteiger partial charge in [-0.1, -0.05) is 13.0 Å². The topological polar surface area (TPSA) is 33.0 Å². The van der Waals surface area contributed by atoms with E-state index < -0.39 is 17.0 Å². The lowest BCUT2D eigenvalue weighted by Gasteiger charge is -2.44. The van der Waals surface area contributed by atoms with E-state index in [9.17, 15) is 8.78 Å². The Morgan fingerprint density at radius 3 is 2.59 bits per heavy atom. The summed E-state index contributed by atoms with van der Waals surface area (Å²) in [6.45, 7) is 2.53. The fourth-order valence-corrected chi connectivity index (χ4v) is 2.37. The molecule has 1 unspecified atom stereocenters. The average molecular weight is 237 g/mol. The summed E-state index contributed by atoms with van der Waals surface area (Å²) < 4.78 is 31.8. The first kappa shape index (κ1) is 12.0. The fourth-order valence-electron chi connectivity index (χ4n) is 2.37. The molecule has 1 heterocycles. The summed E-state index contributed by atoms with van der Waals surface area (Å²) in [5.41, 5.74) is -0.222. The molecule has 17 heavy (non-hydrogen) atoms. The van der Waals surface area contributed by atoms with Gasteiger partial charge in [-0.25, -0.2) is 8.78 Å². The van der Waals surface area contributed by atoms with Crippen LogP contribution in [0.5, 0.6) is 0 Å². The number of nitriles is 1. The first-order valence-corrected chi connectivity index (χ1v) is 5.57. The molecule has 1 aromatic carbocycles. The molecule has 0 spiro atoms. The molecular weight excluding hydrogens is 224 g/mol. The molecule has 0 N–H and O–H groups in total. The van der Waals surface area contributed by atoms with Crippen LogP contribution in [0.4, 0.5) is 8.78 Å². The van der Waals surface area contributed by atoms with Crippen molar-refractivity contribution in [3.05, 3.63) is 35.4 Å². The Kier molecular flexibility index (Phi) is 3.12. The van der Waals surface area contributed by atoms with Crippen molar-refractivity contribution < 1.29 is 13.5 Å². The standard InChI is InChI=1S/C13H13F2NO/c1-2-9(6-16)13(7-17-8-13)11-4-3-10(14)5-12(11)15/h3-5,9H,2,7-8H2,1H3. The fraction of sp³-hybridized carbons (Fsp3) is 0.462. The Balaban J connectivity index is 2.45. The smallest absolute Gasteiger partial charge is 0.130 e. The summed E-state index contributed by atoms with van der Waals surface area (Å²) in [4.78, 5) is 0. The van der Waals surface area contributed by atoms with Gasteiger partial charge in [-0.3, -0.25) is 0 Å². The van der Waals surface area contributed by atoms with Gasteiger partial charge in [0.05, 0.1) is 30.6 Å². The minimum atomic E-state index is -0.610. The van der Waals surface area contributed by atoms with Crippen molar-refractivity contribution >= 4 is 0 Å². The molecule has 0 bridgehead atoms. The number of hydrogen-bond acceptors (Lipinski definition) is 2. The molecule has 1 saturated heterocycles. The number of ether oxygens (including phenoxy) is 1. The Labute approximate surface area is 98.8 Å². The Morgan fingerprint density at radius 1 is 1.47 bits per heavy atom. The molecule has 1 aliphatic rings. The lowest BCUT2D eigenvalue weighted by atomic mass is 9.68. The van der Waals surface area contributed by atoms with Gasteiger partial charge in [0.2, 0.25) is 0 Å². The van der Waals surface area contributed by atoms with Crippen molar-refractivity contribution in [2.45, 2.75) is 18.8 Å². The highest BCUT2D eigenvalue weighted by Crippen LogP contribution is 2.42. The first-order chi connectivity index (χ1) is 8.14.